The van der Waals surface area contributed by atoms with E-state index in [4.69, 9.17) is 0 Å². The normalized spacial score (nSPS) is 12.1. The molecule has 0 aromatic rings. The molecule has 0 atom stereocenters. The Labute approximate surface area is 71.7 Å². The van der Waals surface area contributed by atoms with Gasteiger partial charge in [0, 0.05) is 0 Å². The predicted octanol–water partition coefficient (Wildman–Crippen LogP) is 4.31. The summed E-state index contributed by atoms with van der Waals surface area (Å²) in [5, 5.41) is 0. The second-order valence-corrected chi connectivity index (χ2v) is 3.11. The Bertz CT molecular complexity index is 101. The van der Waals surface area contributed by atoms with Gasteiger partial charge in [0.2, 0.25) is 0 Å². The number of unbranched alkanes of at least 4 members (excludes halogenated alkanes) is 2. The second-order valence-electron chi connectivity index (χ2n) is 3.11. The summed E-state index contributed by atoms with van der Waals surface area (Å²) in [6.07, 6.45) is 10.3. The van der Waals surface area contributed by atoms with Crippen molar-refractivity contribution in [1.82, 2.24) is 0 Å². The van der Waals surface area contributed by atoms with E-state index >= 15 is 0 Å². The molecule has 0 spiro atoms. The Kier molecular flexibility index (Phi) is 7.66. The zero-order valence-corrected chi connectivity index (χ0v) is 8.32. The molecule has 0 heteroatoms. The summed E-state index contributed by atoms with van der Waals surface area (Å²) in [7, 11) is 0. The van der Waals surface area contributed by atoms with Gasteiger partial charge in [-0.2, -0.15) is 0 Å². The van der Waals surface area contributed by atoms with Crippen molar-refractivity contribution >= 4 is 0 Å². The fourth-order valence-corrected chi connectivity index (χ4v) is 1.25. The first kappa shape index (κ1) is 10.7. The van der Waals surface area contributed by atoms with Crippen LogP contribution in [0.15, 0.2) is 11.6 Å². The maximum Gasteiger partial charge on any atom is -0.0323 e. The highest BCUT2D eigenvalue weighted by Crippen LogP contribution is 2.11. The fraction of sp³-hybridized carbons (Fsp3) is 0.818. The van der Waals surface area contributed by atoms with Crippen LogP contribution in [0.3, 0.4) is 0 Å². The highest BCUT2D eigenvalue weighted by atomic mass is 14.0. The van der Waals surface area contributed by atoms with Crippen LogP contribution in [0.25, 0.3) is 0 Å². The molecule has 0 heterocycles. The van der Waals surface area contributed by atoms with Gasteiger partial charge in [-0.3, -0.25) is 0 Å². The van der Waals surface area contributed by atoms with Gasteiger partial charge in [0.15, 0.2) is 0 Å². The lowest BCUT2D eigenvalue weighted by Crippen LogP contribution is -1.80. The Hall–Kier alpha value is -0.260. The van der Waals surface area contributed by atoms with Crippen molar-refractivity contribution < 1.29 is 0 Å². The molecule has 0 rings (SSSR count). The van der Waals surface area contributed by atoms with Crippen molar-refractivity contribution in [3.63, 3.8) is 0 Å². The van der Waals surface area contributed by atoms with E-state index in [1.807, 2.05) is 0 Å². The first-order valence-electron chi connectivity index (χ1n) is 5.03. The van der Waals surface area contributed by atoms with Gasteiger partial charge in [0.25, 0.3) is 0 Å². The summed E-state index contributed by atoms with van der Waals surface area (Å²) in [6.45, 7) is 6.76. The summed E-state index contributed by atoms with van der Waals surface area (Å²) < 4.78 is 0. The van der Waals surface area contributed by atoms with E-state index in [0.29, 0.717) is 0 Å². The van der Waals surface area contributed by atoms with Crippen LogP contribution in [0.5, 0.6) is 0 Å². The summed E-state index contributed by atoms with van der Waals surface area (Å²) in [5.74, 6) is 0. The lowest BCUT2D eigenvalue weighted by molar-refractivity contribution is 0.788. The van der Waals surface area contributed by atoms with Gasteiger partial charge in [-0.1, -0.05) is 51.7 Å². The van der Waals surface area contributed by atoms with Crippen LogP contribution >= 0.6 is 0 Å². The van der Waals surface area contributed by atoms with E-state index in [9.17, 15) is 0 Å². The minimum Gasteiger partial charge on any atom is -0.0853 e. The molecule has 66 valence electrons. The van der Waals surface area contributed by atoms with E-state index in [1.54, 1.807) is 5.57 Å². The van der Waals surface area contributed by atoms with E-state index in [-0.39, 0.29) is 0 Å². The summed E-state index contributed by atoms with van der Waals surface area (Å²) in [4.78, 5) is 0. The van der Waals surface area contributed by atoms with Crippen molar-refractivity contribution in [3.05, 3.63) is 11.6 Å². The molecule has 0 unspecified atom stereocenters. The van der Waals surface area contributed by atoms with Crippen LogP contribution in [0.1, 0.15) is 59.3 Å². The standard InChI is InChI=1S/C11H22/c1-4-7-8-10-11(6-3)9-5-2/h10H,4-9H2,1-3H3/b11-10-. The number of hydrogen-bond acceptors (Lipinski definition) is 0. The van der Waals surface area contributed by atoms with Crippen LogP contribution in [-0.4, -0.2) is 0 Å². The topological polar surface area (TPSA) is 0 Å². The van der Waals surface area contributed by atoms with Crippen molar-refractivity contribution in [1.29, 1.82) is 0 Å². The SMILES string of the molecule is CCCC/C=C(/CC)CCC. The van der Waals surface area contributed by atoms with Crippen LogP contribution in [0, 0.1) is 0 Å². The van der Waals surface area contributed by atoms with Gasteiger partial charge in [-0.25, -0.2) is 0 Å². The zero-order chi connectivity index (χ0) is 8.53. The molecule has 0 nitrogen and oxygen atoms in total. The lowest BCUT2D eigenvalue weighted by atomic mass is 10.1. The van der Waals surface area contributed by atoms with Crippen molar-refractivity contribution in [3.8, 4) is 0 Å². The zero-order valence-electron chi connectivity index (χ0n) is 8.32. The molecule has 0 aromatic heterocycles. The van der Waals surface area contributed by atoms with E-state index in [1.165, 1.54) is 38.5 Å². The third-order valence-electron chi connectivity index (χ3n) is 2.02. The van der Waals surface area contributed by atoms with Crippen LogP contribution in [0.2, 0.25) is 0 Å². The maximum atomic E-state index is 2.44. The first-order valence-corrected chi connectivity index (χ1v) is 5.03. The van der Waals surface area contributed by atoms with Crippen LogP contribution in [0.4, 0.5) is 0 Å². The molecule has 0 bridgehead atoms. The molecule has 0 saturated carbocycles. The first-order chi connectivity index (χ1) is 5.35. The highest BCUT2D eigenvalue weighted by Gasteiger charge is 1.90. The molecular formula is C11H22. The van der Waals surface area contributed by atoms with Gasteiger partial charge in [0.05, 0.1) is 0 Å². The largest absolute Gasteiger partial charge is 0.0853 e. The summed E-state index contributed by atoms with van der Waals surface area (Å²) >= 11 is 0. The van der Waals surface area contributed by atoms with E-state index in [0.717, 1.165) is 0 Å². The van der Waals surface area contributed by atoms with Crippen molar-refractivity contribution in [2.75, 3.05) is 0 Å². The molecule has 11 heavy (non-hydrogen) atoms. The highest BCUT2D eigenvalue weighted by molar-refractivity contribution is 5.00. The number of rotatable bonds is 6. The van der Waals surface area contributed by atoms with Gasteiger partial charge in [-0.05, 0) is 19.3 Å². The molecule has 0 aliphatic heterocycles. The number of hydrogen-bond donors (Lipinski definition) is 0. The average Bonchev–Trinajstić information content (AvgIpc) is 2.03. The molecule has 0 aromatic carbocycles. The molecular weight excluding hydrogens is 132 g/mol. The smallest absolute Gasteiger partial charge is 0.0323 e. The minimum absolute atomic E-state index is 1.25. The van der Waals surface area contributed by atoms with Gasteiger partial charge in [0.1, 0.15) is 0 Å². The molecule has 0 fully saturated rings. The van der Waals surface area contributed by atoms with Crippen LogP contribution < -0.4 is 0 Å². The fourth-order valence-electron chi connectivity index (χ4n) is 1.25. The van der Waals surface area contributed by atoms with E-state index in [2.05, 4.69) is 26.8 Å². The Morgan fingerprint density at radius 3 is 2.27 bits per heavy atom. The average molecular weight is 154 g/mol. The quantitative estimate of drug-likeness (QED) is 0.395. The lowest BCUT2D eigenvalue weighted by Gasteiger charge is -2.01. The molecule has 0 aliphatic carbocycles. The summed E-state index contributed by atoms with van der Waals surface area (Å²) in [5.41, 5.74) is 1.65. The monoisotopic (exact) mass is 154 g/mol. The van der Waals surface area contributed by atoms with E-state index < -0.39 is 0 Å². The minimum atomic E-state index is 1.25. The third kappa shape index (κ3) is 6.15. The Morgan fingerprint density at radius 2 is 1.82 bits per heavy atom. The number of allylic oxidation sites excluding steroid dienone is 2. The molecule has 0 aliphatic rings. The van der Waals surface area contributed by atoms with Crippen molar-refractivity contribution in [2.24, 2.45) is 0 Å². The predicted molar refractivity (Wildman–Crippen MR) is 52.8 cm³/mol. The summed E-state index contributed by atoms with van der Waals surface area (Å²) in [6, 6.07) is 0. The molecule has 0 radical (unpaired) electrons. The Balaban J connectivity index is 3.52. The van der Waals surface area contributed by atoms with Crippen molar-refractivity contribution in [2.45, 2.75) is 59.3 Å². The molecule has 0 N–H and O–H groups in total. The second kappa shape index (κ2) is 7.84. The Morgan fingerprint density at radius 1 is 1.09 bits per heavy atom. The van der Waals surface area contributed by atoms with Gasteiger partial charge < -0.3 is 0 Å². The molecule has 0 saturated heterocycles. The van der Waals surface area contributed by atoms with Gasteiger partial charge in [-0.15, -0.1) is 0 Å². The van der Waals surface area contributed by atoms with Crippen LogP contribution in [-0.2, 0) is 0 Å². The third-order valence-corrected chi connectivity index (χ3v) is 2.02. The maximum absolute atomic E-state index is 2.44. The van der Waals surface area contributed by atoms with Gasteiger partial charge >= 0.3 is 0 Å². The molecule has 0 amide bonds.